The molecule has 2 aliphatic heterocycles. The molecule has 0 aromatic heterocycles. The minimum absolute atomic E-state index is 0.0231. The molecule has 1 N–H and O–H groups in total. The molecule has 60 valence electrons. The summed E-state index contributed by atoms with van der Waals surface area (Å²) in [6, 6.07) is 0. The van der Waals surface area contributed by atoms with E-state index >= 15 is 0 Å². The first-order valence-electron chi connectivity index (χ1n) is 3.74. The van der Waals surface area contributed by atoms with Crippen LogP contribution in [0, 0.1) is 11.8 Å². The Labute approximate surface area is 64.5 Å². The monoisotopic (exact) mass is 154 g/mol. The van der Waals surface area contributed by atoms with Crippen molar-refractivity contribution < 1.29 is 9.59 Å². The van der Waals surface area contributed by atoms with Gasteiger partial charge in [0.2, 0.25) is 11.8 Å². The van der Waals surface area contributed by atoms with Crippen LogP contribution in [0.15, 0.2) is 0 Å². The van der Waals surface area contributed by atoms with Gasteiger partial charge in [0.05, 0.1) is 11.8 Å². The molecule has 2 heterocycles. The third kappa shape index (κ3) is 0.728. The van der Waals surface area contributed by atoms with Crippen LogP contribution in [0.2, 0.25) is 0 Å². The van der Waals surface area contributed by atoms with Gasteiger partial charge in [0.25, 0.3) is 0 Å². The molecule has 0 unspecified atom stereocenters. The van der Waals surface area contributed by atoms with Gasteiger partial charge in [-0.05, 0) is 0 Å². The molecule has 0 aromatic carbocycles. The number of amides is 2. The summed E-state index contributed by atoms with van der Waals surface area (Å²) in [5.41, 5.74) is 0. The largest absolute Gasteiger partial charge is 0.315 e. The minimum Gasteiger partial charge on any atom is -0.315 e. The van der Waals surface area contributed by atoms with E-state index in [-0.39, 0.29) is 23.7 Å². The van der Waals surface area contributed by atoms with Crippen LogP contribution in [-0.2, 0) is 9.59 Å². The van der Waals surface area contributed by atoms with Gasteiger partial charge in [0, 0.05) is 20.1 Å². The fourth-order valence-corrected chi connectivity index (χ4v) is 1.80. The zero-order chi connectivity index (χ0) is 8.01. The minimum atomic E-state index is -0.0764. The fraction of sp³-hybridized carbons (Fsp3) is 0.714. The molecule has 2 atom stereocenters. The third-order valence-electron chi connectivity index (χ3n) is 2.51. The Morgan fingerprint density at radius 3 is 2.18 bits per heavy atom. The molecule has 0 bridgehead atoms. The van der Waals surface area contributed by atoms with Gasteiger partial charge in [-0.25, -0.2) is 0 Å². The highest BCUT2D eigenvalue weighted by atomic mass is 16.2. The Morgan fingerprint density at radius 2 is 1.73 bits per heavy atom. The van der Waals surface area contributed by atoms with E-state index in [4.69, 9.17) is 0 Å². The Morgan fingerprint density at radius 1 is 1.27 bits per heavy atom. The van der Waals surface area contributed by atoms with Crippen molar-refractivity contribution in [2.24, 2.45) is 11.8 Å². The first-order chi connectivity index (χ1) is 5.22. The third-order valence-corrected chi connectivity index (χ3v) is 2.51. The number of rotatable bonds is 0. The Bertz CT molecular complexity index is 204. The topological polar surface area (TPSA) is 49.4 Å². The maximum absolute atomic E-state index is 11.3. The molecule has 11 heavy (non-hydrogen) atoms. The standard InChI is InChI=1S/C7H10N2O2/c1-9-6(10)4-2-8-3-5(4)7(9)11/h4-5,8H,2-3H2,1H3/t4-,5-/m0/s1. The average molecular weight is 154 g/mol. The highest BCUT2D eigenvalue weighted by Crippen LogP contribution is 2.27. The second-order valence-electron chi connectivity index (χ2n) is 3.11. The number of carbonyl (C=O) groups excluding carboxylic acids is 2. The van der Waals surface area contributed by atoms with E-state index in [0.717, 1.165) is 0 Å². The highest BCUT2D eigenvalue weighted by Gasteiger charge is 2.48. The normalized spacial score (nSPS) is 36.6. The van der Waals surface area contributed by atoms with Gasteiger partial charge in [0.15, 0.2) is 0 Å². The van der Waals surface area contributed by atoms with Crippen molar-refractivity contribution in [3.8, 4) is 0 Å². The second-order valence-corrected chi connectivity index (χ2v) is 3.11. The van der Waals surface area contributed by atoms with Gasteiger partial charge in [-0.2, -0.15) is 0 Å². The number of nitrogens with zero attached hydrogens (tertiary/aromatic N) is 1. The lowest BCUT2D eigenvalue weighted by atomic mass is 10.00. The first kappa shape index (κ1) is 6.79. The molecular weight excluding hydrogens is 144 g/mol. The predicted octanol–water partition coefficient (Wildman–Crippen LogP) is -1.18. The summed E-state index contributed by atoms with van der Waals surface area (Å²) in [6.45, 7) is 1.33. The number of fused-ring (bicyclic) bond motifs is 1. The Kier molecular flexibility index (Phi) is 1.26. The number of likely N-dealkylation sites (tertiary alicyclic amines) is 1. The Hall–Kier alpha value is -0.900. The van der Waals surface area contributed by atoms with E-state index in [1.165, 1.54) is 4.90 Å². The SMILES string of the molecule is CN1C(=O)[C@H]2CNC[C@@H]2C1=O. The molecule has 0 aromatic rings. The first-order valence-corrected chi connectivity index (χ1v) is 3.74. The van der Waals surface area contributed by atoms with Crippen molar-refractivity contribution >= 4 is 11.8 Å². The molecule has 0 aliphatic carbocycles. The molecule has 2 aliphatic rings. The lowest BCUT2D eigenvalue weighted by molar-refractivity contribution is -0.138. The summed E-state index contributed by atoms with van der Waals surface area (Å²) < 4.78 is 0. The molecule has 0 saturated carbocycles. The smallest absolute Gasteiger partial charge is 0.234 e. The van der Waals surface area contributed by atoms with Crippen LogP contribution in [0.5, 0.6) is 0 Å². The zero-order valence-corrected chi connectivity index (χ0v) is 6.33. The van der Waals surface area contributed by atoms with Gasteiger partial charge in [-0.1, -0.05) is 0 Å². The van der Waals surface area contributed by atoms with Crippen molar-refractivity contribution in [2.75, 3.05) is 20.1 Å². The van der Waals surface area contributed by atoms with E-state index in [1.807, 2.05) is 0 Å². The molecule has 0 radical (unpaired) electrons. The number of carbonyl (C=O) groups is 2. The van der Waals surface area contributed by atoms with Crippen molar-refractivity contribution in [3.05, 3.63) is 0 Å². The fourth-order valence-electron chi connectivity index (χ4n) is 1.80. The summed E-state index contributed by atoms with van der Waals surface area (Å²) in [7, 11) is 1.56. The maximum atomic E-state index is 11.3. The number of hydrogen-bond donors (Lipinski definition) is 1. The second kappa shape index (κ2) is 2.04. The van der Waals surface area contributed by atoms with Crippen LogP contribution in [0.4, 0.5) is 0 Å². The number of imide groups is 1. The van der Waals surface area contributed by atoms with Gasteiger partial charge in [0.1, 0.15) is 0 Å². The van der Waals surface area contributed by atoms with Crippen molar-refractivity contribution in [1.82, 2.24) is 10.2 Å². The summed E-state index contributed by atoms with van der Waals surface area (Å²) in [5, 5.41) is 3.04. The van der Waals surface area contributed by atoms with Gasteiger partial charge in [-0.3, -0.25) is 14.5 Å². The van der Waals surface area contributed by atoms with Crippen LogP contribution in [0.3, 0.4) is 0 Å². The molecule has 2 rings (SSSR count). The maximum Gasteiger partial charge on any atom is 0.234 e. The van der Waals surface area contributed by atoms with E-state index in [9.17, 15) is 9.59 Å². The van der Waals surface area contributed by atoms with Crippen LogP contribution in [0.25, 0.3) is 0 Å². The average Bonchev–Trinajstić information content (AvgIpc) is 2.53. The zero-order valence-electron chi connectivity index (χ0n) is 6.33. The van der Waals surface area contributed by atoms with Crippen LogP contribution in [0.1, 0.15) is 0 Å². The van der Waals surface area contributed by atoms with Crippen molar-refractivity contribution in [1.29, 1.82) is 0 Å². The van der Waals surface area contributed by atoms with E-state index in [2.05, 4.69) is 5.32 Å². The Balaban J connectivity index is 2.30. The highest BCUT2D eigenvalue weighted by molar-refractivity contribution is 6.05. The lowest BCUT2D eigenvalue weighted by Gasteiger charge is -2.07. The lowest BCUT2D eigenvalue weighted by Crippen LogP contribution is -2.30. The molecule has 2 fully saturated rings. The predicted molar refractivity (Wildman–Crippen MR) is 37.6 cm³/mol. The van der Waals surface area contributed by atoms with Crippen LogP contribution >= 0.6 is 0 Å². The number of nitrogens with one attached hydrogen (secondary N) is 1. The molecule has 0 spiro atoms. The molecule has 2 amide bonds. The van der Waals surface area contributed by atoms with E-state index in [0.29, 0.717) is 13.1 Å². The number of hydrogen-bond acceptors (Lipinski definition) is 3. The molecular formula is C7H10N2O2. The summed E-state index contributed by atoms with van der Waals surface area (Å²) in [5.74, 6) is -0.199. The van der Waals surface area contributed by atoms with Gasteiger partial charge < -0.3 is 5.32 Å². The summed E-state index contributed by atoms with van der Waals surface area (Å²) in [4.78, 5) is 23.8. The summed E-state index contributed by atoms with van der Waals surface area (Å²) in [6.07, 6.45) is 0. The molecule has 2 saturated heterocycles. The van der Waals surface area contributed by atoms with Crippen molar-refractivity contribution in [3.63, 3.8) is 0 Å². The van der Waals surface area contributed by atoms with Gasteiger partial charge in [-0.15, -0.1) is 0 Å². The van der Waals surface area contributed by atoms with E-state index in [1.54, 1.807) is 7.05 Å². The molecule has 4 nitrogen and oxygen atoms in total. The van der Waals surface area contributed by atoms with Crippen molar-refractivity contribution in [2.45, 2.75) is 0 Å². The summed E-state index contributed by atoms with van der Waals surface area (Å²) >= 11 is 0. The quantitative estimate of drug-likeness (QED) is 0.447. The van der Waals surface area contributed by atoms with Gasteiger partial charge >= 0.3 is 0 Å². The van der Waals surface area contributed by atoms with E-state index < -0.39 is 0 Å². The van der Waals surface area contributed by atoms with Crippen LogP contribution < -0.4 is 5.32 Å². The van der Waals surface area contributed by atoms with Crippen LogP contribution in [-0.4, -0.2) is 36.9 Å². The molecule has 4 heteroatoms.